The second-order valence-electron chi connectivity index (χ2n) is 6.84. The van der Waals surface area contributed by atoms with Crippen molar-refractivity contribution < 1.29 is 4.74 Å². The van der Waals surface area contributed by atoms with Crippen LogP contribution in [-0.2, 0) is 0 Å². The molecule has 0 atom stereocenters. The average molecular weight is 273 g/mol. The maximum Gasteiger partial charge on any atom is 0.120 e. The van der Waals surface area contributed by atoms with E-state index >= 15 is 0 Å². The predicted octanol–water partition coefficient (Wildman–Crippen LogP) is 4.25. The first-order valence-electron chi connectivity index (χ1n) is 8.19. The molecule has 0 saturated heterocycles. The minimum absolute atomic E-state index is 0.112. The van der Waals surface area contributed by atoms with Crippen LogP contribution in [0.15, 0.2) is 24.3 Å². The highest BCUT2D eigenvalue weighted by atomic mass is 16.5. The maximum atomic E-state index is 6.33. The minimum Gasteiger partial charge on any atom is -0.487 e. The van der Waals surface area contributed by atoms with E-state index < -0.39 is 0 Å². The standard InChI is InChI=1S/C18H27NO/c1-14(2)15-4-8-17(9-5-15)20-18(10-3-11-18)12-13-19-16-6-7-16/h4-5,8-9,14,16,19H,3,6-7,10-13H2,1-2H3. The third-order valence-corrected chi connectivity index (χ3v) is 4.74. The Kier molecular flexibility index (Phi) is 4.02. The van der Waals surface area contributed by atoms with Crippen molar-refractivity contribution in [2.24, 2.45) is 0 Å². The molecule has 0 aliphatic heterocycles. The fourth-order valence-electron chi connectivity index (χ4n) is 2.94. The highest BCUT2D eigenvalue weighted by Gasteiger charge is 2.39. The van der Waals surface area contributed by atoms with Crippen molar-refractivity contribution in [1.82, 2.24) is 5.32 Å². The molecule has 0 spiro atoms. The van der Waals surface area contributed by atoms with Crippen molar-refractivity contribution in [1.29, 1.82) is 0 Å². The van der Waals surface area contributed by atoms with Gasteiger partial charge in [-0.05, 0) is 68.7 Å². The Bertz CT molecular complexity index is 429. The lowest BCUT2D eigenvalue weighted by atomic mass is 9.77. The molecule has 0 heterocycles. The Morgan fingerprint density at radius 2 is 1.90 bits per heavy atom. The van der Waals surface area contributed by atoms with Crippen LogP contribution in [0.4, 0.5) is 0 Å². The summed E-state index contributed by atoms with van der Waals surface area (Å²) >= 11 is 0. The topological polar surface area (TPSA) is 21.3 Å². The number of ether oxygens (including phenoxy) is 1. The maximum absolute atomic E-state index is 6.33. The Balaban J connectivity index is 1.55. The Morgan fingerprint density at radius 3 is 2.40 bits per heavy atom. The number of rotatable bonds is 7. The van der Waals surface area contributed by atoms with E-state index in [-0.39, 0.29) is 5.60 Å². The Morgan fingerprint density at radius 1 is 1.20 bits per heavy atom. The number of hydrogen-bond acceptors (Lipinski definition) is 2. The summed E-state index contributed by atoms with van der Waals surface area (Å²) in [6.45, 7) is 5.56. The molecular formula is C18H27NO. The lowest BCUT2D eigenvalue weighted by molar-refractivity contribution is -0.0143. The van der Waals surface area contributed by atoms with Crippen LogP contribution in [0.25, 0.3) is 0 Å². The minimum atomic E-state index is 0.112. The molecule has 110 valence electrons. The van der Waals surface area contributed by atoms with E-state index in [0.717, 1.165) is 24.8 Å². The molecule has 2 aliphatic rings. The van der Waals surface area contributed by atoms with E-state index in [1.165, 1.54) is 37.7 Å². The Hall–Kier alpha value is -1.02. The largest absolute Gasteiger partial charge is 0.487 e. The molecule has 2 fully saturated rings. The summed E-state index contributed by atoms with van der Waals surface area (Å²) in [5.74, 6) is 1.63. The van der Waals surface area contributed by atoms with Gasteiger partial charge in [-0.25, -0.2) is 0 Å². The van der Waals surface area contributed by atoms with Gasteiger partial charge in [0, 0.05) is 6.04 Å². The molecule has 20 heavy (non-hydrogen) atoms. The van der Waals surface area contributed by atoms with Gasteiger partial charge >= 0.3 is 0 Å². The molecule has 2 heteroatoms. The van der Waals surface area contributed by atoms with E-state index in [1.807, 2.05) is 0 Å². The fourth-order valence-corrected chi connectivity index (χ4v) is 2.94. The zero-order chi connectivity index (χ0) is 14.0. The first kappa shape index (κ1) is 13.9. The van der Waals surface area contributed by atoms with Crippen LogP contribution < -0.4 is 10.1 Å². The fraction of sp³-hybridized carbons (Fsp3) is 0.667. The molecule has 2 aliphatic carbocycles. The van der Waals surface area contributed by atoms with Crippen molar-refractivity contribution >= 4 is 0 Å². The summed E-state index contributed by atoms with van der Waals surface area (Å²) in [5.41, 5.74) is 1.50. The predicted molar refractivity (Wildman–Crippen MR) is 83.4 cm³/mol. The molecule has 0 bridgehead atoms. The zero-order valence-corrected chi connectivity index (χ0v) is 12.8. The Labute approximate surface area is 122 Å². The monoisotopic (exact) mass is 273 g/mol. The normalized spacial score (nSPS) is 20.8. The highest BCUT2D eigenvalue weighted by Crippen LogP contribution is 2.39. The van der Waals surface area contributed by atoms with Crippen LogP contribution in [0.5, 0.6) is 5.75 Å². The van der Waals surface area contributed by atoms with Crippen LogP contribution in [0, 0.1) is 0 Å². The van der Waals surface area contributed by atoms with Crippen molar-refractivity contribution in [3.8, 4) is 5.75 Å². The third kappa shape index (κ3) is 3.35. The van der Waals surface area contributed by atoms with Crippen molar-refractivity contribution in [2.45, 2.75) is 69.9 Å². The van der Waals surface area contributed by atoms with Crippen LogP contribution in [-0.4, -0.2) is 18.2 Å². The number of nitrogens with one attached hydrogen (secondary N) is 1. The zero-order valence-electron chi connectivity index (χ0n) is 12.8. The summed E-state index contributed by atoms with van der Waals surface area (Å²) in [6, 6.07) is 9.49. The molecule has 1 aromatic rings. The van der Waals surface area contributed by atoms with Crippen LogP contribution in [0.2, 0.25) is 0 Å². The van der Waals surface area contributed by atoms with Crippen LogP contribution >= 0.6 is 0 Å². The first-order chi connectivity index (χ1) is 9.67. The lowest BCUT2D eigenvalue weighted by Crippen LogP contribution is -2.45. The van der Waals surface area contributed by atoms with Gasteiger partial charge in [0.1, 0.15) is 11.4 Å². The van der Waals surface area contributed by atoms with Gasteiger partial charge in [0.2, 0.25) is 0 Å². The summed E-state index contributed by atoms with van der Waals surface area (Å²) in [5, 5.41) is 3.61. The molecule has 2 saturated carbocycles. The van der Waals surface area contributed by atoms with Crippen LogP contribution in [0.1, 0.15) is 63.9 Å². The first-order valence-corrected chi connectivity index (χ1v) is 8.19. The molecule has 0 unspecified atom stereocenters. The van der Waals surface area contributed by atoms with Gasteiger partial charge in [-0.15, -0.1) is 0 Å². The van der Waals surface area contributed by atoms with E-state index in [9.17, 15) is 0 Å². The average Bonchev–Trinajstić information content (AvgIpc) is 3.20. The quantitative estimate of drug-likeness (QED) is 0.801. The molecule has 0 amide bonds. The number of benzene rings is 1. The van der Waals surface area contributed by atoms with E-state index in [0.29, 0.717) is 5.92 Å². The molecule has 3 rings (SSSR count). The summed E-state index contributed by atoms with van der Waals surface area (Å²) < 4.78 is 6.33. The highest BCUT2D eigenvalue weighted by molar-refractivity contribution is 5.29. The van der Waals surface area contributed by atoms with Gasteiger partial charge in [-0.3, -0.25) is 0 Å². The second-order valence-corrected chi connectivity index (χ2v) is 6.84. The van der Waals surface area contributed by atoms with Gasteiger partial charge in [0.15, 0.2) is 0 Å². The SMILES string of the molecule is CC(C)c1ccc(OC2(CCNC3CC3)CCC2)cc1. The van der Waals surface area contributed by atoms with Crippen molar-refractivity contribution in [2.75, 3.05) is 6.54 Å². The second kappa shape index (κ2) is 5.77. The van der Waals surface area contributed by atoms with Gasteiger partial charge in [0.05, 0.1) is 0 Å². The van der Waals surface area contributed by atoms with Gasteiger partial charge < -0.3 is 10.1 Å². The van der Waals surface area contributed by atoms with E-state index in [1.54, 1.807) is 0 Å². The van der Waals surface area contributed by atoms with E-state index in [2.05, 4.69) is 43.4 Å². The molecule has 0 radical (unpaired) electrons. The van der Waals surface area contributed by atoms with E-state index in [4.69, 9.17) is 4.74 Å². The van der Waals surface area contributed by atoms with Crippen molar-refractivity contribution in [3.05, 3.63) is 29.8 Å². The molecular weight excluding hydrogens is 246 g/mol. The summed E-state index contributed by atoms with van der Waals surface area (Å²) in [4.78, 5) is 0. The van der Waals surface area contributed by atoms with Gasteiger partial charge in [-0.2, -0.15) is 0 Å². The molecule has 1 aromatic carbocycles. The number of hydrogen-bond donors (Lipinski definition) is 1. The molecule has 1 N–H and O–H groups in total. The summed E-state index contributed by atoms with van der Waals surface area (Å²) in [7, 11) is 0. The van der Waals surface area contributed by atoms with Gasteiger partial charge in [0.25, 0.3) is 0 Å². The van der Waals surface area contributed by atoms with Crippen molar-refractivity contribution in [3.63, 3.8) is 0 Å². The van der Waals surface area contributed by atoms with Crippen LogP contribution in [0.3, 0.4) is 0 Å². The van der Waals surface area contributed by atoms with Gasteiger partial charge in [-0.1, -0.05) is 26.0 Å². The lowest BCUT2D eigenvalue weighted by Gasteiger charge is -2.42. The third-order valence-electron chi connectivity index (χ3n) is 4.74. The smallest absolute Gasteiger partial charge is 0.120 e. The molecule has 0 aromatic heterocycles. The summed E-state index contributed by atoms with van der Waals surface area (Å²) in [6.07, 6.45) is 7.62. The molecule has 2 nitrogen and oxygen atoms in total.